The molecule has 0 saturated heterocycles. The summed E-state index contributed by atoms with van der Waals surface area (Å²) in [7, 11) is 0. The van der Waals surface area contributed by atoms with E-state index in [1.165, 1.54) is 0 Å². The summed E-state index contributed by atoms with van der Waals surface area (Å²) < 4.78 is 5.73. The third-order valence-corrected chi connectivity index (χ3v) is 4.48. The molecule has 0 atom stereocenters. The smallest absolute Gasteiger partial charge is 0.306 e. The van der Waals surface area contributed by atoms with Gasteiger partial charge >= 0.3 is 5.97 Å². The van der Waals surface area contributed by atoms with Crippen molar-refractivity contribution < 1.29 is 19.4 Å². The molecule has 0 bridgehead atoms. The number of benzene rings is 1. The molecular weight excluding hydrogens is 306 g/mol. The fourth-order valence-corrected chi connectivity index (χ4v) is 3.07. The quantitative estimate of drug-likeness (QED) is 0.804. The number of amides is 1. The summed E-state index contributed by atoms with van der Waals surface area (Å²) in [5.41, 5.74) is 0.654. The summed E-state index contributed by atoms with van der Waals surface area (Å²) in [6, 6.07) is 9.92. The minimum absolute atomic E-state index is 0.00662. The van der Waals surface area contributed by atoms with Crippen LogP contribution in [0.5, 0.6) is 0 Å². The monoisotopic (exact) mass is 333 g/mol. The van der Waals surface area contributed by atoms with E-state index in [0.717, 1.165) is 5.56 Å². The fraction of sp³-hybridized carbons (Fsp3) is 0.579. The molecule has 0 heterocycles. The average Bonchev–Trinajstić information content (AvgIpc) is 2.55. The Balaban J connectivity index is 1.74. The van der Waals surface area contributed by atoms with E-state index in [2.05, 4.69) is 5.32 Å². The highest BCUT2D eigenvalue weighted by Gasteiger charge is 2.32. The molecule has 2 N–H and O–H groups in total. The number of carbonyl (C=O) groups is 2. The van der Waals surface area contributed by atoms with Crippen LogP contribution in [0.15, 0.2) is 30.3 Å². The van der Waals surface area contributed by atoms with Gasteiger partial charge < -0.3 is 15.2 Å². The van der Waals surface area contributed by atoms with Gasteiger partial charge in [0, 0.05) is 5.92 Å². The maximum atomic E-state index is 12.4. The van der Waals surface area contributed by atoms with E-state index in [4.69, 9.17) is 9.84 Å². The Morgan fingerprint density at radius 2 is 1.71 bits per heavy atom. The lowest BCUT2D eigenvalue weighted by molar-refractivity contribution is -0.144. The third kappa shape index (κ3) is 5.64. The largest absolute Gasteiger partial charge is 0.481 e. The van der Waals surface area contributed by atoms with Crippen molar-refractivity contribution in [1.82, 2.24) is 5.32 Å². The number of carboxylic acids is 1. The predicted octanol–water partition coefficient (Wildman–Crippen LogP) is 2.99. The Hall–Kier alpha value is -1.88. The zero-order valence-electron chi connectivity index (χ0n) is 14.5. The minimum Gasteiger partial charge on any atom is -0.481 e. The first-order chi connectivity index (χ1) is 11.4. The number of carbonyl (C=O) groups excluding carboxylic acids is 1. The van der Waals surface area contributed by atoms with Crippen LogP contribution in [0.3, 0.4) is 0 Å². The van der Waals surface area contributed by atoms with Crippen LogP contribution in [0.2, 0.25) is 0 Å². The first-order valence-corrected chi connectivity index (χ1v) is 8.54. The Morgan fingerprint density at radius 1 is 1.12 bits per heavy atom. The van der Waals surface area contributed by atoms with Gasteiger partial charge in [0.05, 0.1) is 24.7 Å². The van der Waals surface area contributed by atoms with E-state index in [1.807, 2.05) is 44.2 Å². The van der Waals surface area contributed by atoms with E-state index in [1.54, 1.807) is 0 Å². The van der Waals surface area contributed by atoms with Crippen molar-refractivity contribution >= 4 is 11.9 Å². The summed E-state index contributed by atoms with van der Waals surface area (Å²) >= 11 is 0. The molecule has 24 heavy (non-hydrogen) atoms. The molecule has 2 rings (SSSR count). The molecule has 0 spiro atoms. The number of hydrogen-bond acceptors (Lipinski definition) is 3. The maximum Gasteiger partial charge on any atom is 0.306 e. The molecule has 132 valence electrons. The molecule has 5 nitrogen and oxygen atoms in total. The summed E-state index contributed by atoms with van der Waals surface area (Å²) in [4.78, 5) is 23.4. The summed E-state index contributed by atoms with van der Waals surface area (Å²) in [6.07, 6.45) is 2.45. The van der Waals surface area contributed by atoms with Crippen LogP contribution >= 0.6 is 0 Å². The van der Waals surface area contributed by atoms with Crippen LogP contribution < -0.4 is 5.32 Å². The molecule has 5 heteroatoms. The number of carboxylic acid groups (broad SMARTS) is 1. The molecule has 1 amide bonds. The fourth-order valence-electron chi connectivity index (χ4n) is 3.07. The zero-order valence-corrected chi connectivity index (χ0v) is 14.5. The van der Waals surface area contributed by atoms with E-state index in [9.17, 15) is 9.59 Å². The van der Waals surface area contributed by atoms with Gasteiger partial charge in [-0.15, -0.1) is 0 Å². The first-order valence-electron chi connectivity index (χ1n) is 8.54. The normalized spacial score (nSPS) is 21.2. The third-order valence-electron chi connectivity index (χ3n) is 4.48. The van der Waals surface area contributed by atoms with E-state index in [0.29, 0.717) is 38.9 Å². The minimum atomic E-state index is -0.747. The van der Waals surface area contributed by atoms with E-state index >= 15 is 0 Å². The highest BCUT2D eigenvalue weighted by atomic mass is 16.5. The number of ether oxygens (including phenoxy) is 1. The van der Waals surface area contributed by atoms with Gasteiger partial charge in [-0.3, -0.25) is 9.59 Å². The van der Waals surface area contributed by atoms with Crippen molar-refractivity contribution in [3.8, 4) is 0 Å². The van der Waals surface area contributed by atoms with Gasteiger partial charge in [-0.05, 0) is 45.1 Å². The Morgan fingerprint density at radius 3 is 2.29 bits per heavy atom. The van der Waals surface area contributed by atoms with Gasteiger partial charge in [-0.25, -0.2) is 0 Å². The molecule has 0 aromatic heterocycles. The lowest BCUT2D eigenvalue weighted by atomic mass is 9.81. The van der Waals surface area contributed by atoms with Crippen molar-refractivity contribution in [2.45, 2.75) is 51.7 Å². The standard InChI is InChI=1S/C19H27NO4/c1-19(2,13-24-12-14-6-4-3-5-7-14)20-17(21)15-8-10-16(11-9-15)18(22)23/h3-7,15-16H,8-13H2,1-2H3,(H,20,21)(H,22,23). The summed E-state index contributed by atoms with van der Waals surface area (Å²) in [5, 5.41) is 12.1. The van der Waals surface area contributed by atoms with Gasteiger partial charge in [-0.2, -0.15) is 0 Å². The zero-order chi connectivity index (χ0) is 17.6. The van der Waals surface area contributed by atoms with Crippen LogP contribution in [-0.2, 0) is 20.9 Å². The summed E-state index contributed by atoms with van der Waals surface area (Å²) in [6.45, 7) is 4.83. The van der Waals surface area contributed by atoms with Crippen molar-refractivity contribution in [3.05, 3.63) is 35.9 Å². The van der Waals surface area contributed by atoms with Crippen molar-refractivity contribution in [2.75, 3.05) is 6.61 Å². The number of rotatable bonds is 7. The summed E-state index contributed by atoms with van der Waals surface area (Å²) in [5.74, 6) is -1.12. The van der Waals surface area contributed by atoms with Gasteiger partial charge in [0.25, 0.3) is 0 Å². The second kappa shape index (κ2) is 8.29. The van der Waals surface area contributed by atoms with E-state index in [-0.39, 0.29) is 17.7 Å². The highest BCUT2D eigenvalue weighted by molar-refractivity contribution is 5.80. The molecule has 1 aromatic carbocycles. The van der Waals surface area contributed by atoms with E-state index < -0.39 is 11.5 Å². The molecule has 1 aromatic rings. The van der Waals surface area contributed by atoms with Gasteiger partial charge in [0.15, 0.2) is 0 Å². The Labute approximate surface area is 143 Å². The van der Waals surface area contributed by atoms with Gasteiger partial charge in [0.1, 0.15) is 0 Å². The van der Waals surface area contributed by atoms with Crippen LogP contribution in [0.25, 0.3) is 0 Å². The first kappa shape index (κ1) is 18.5. The Kier molecular flexibility index (Phi) is 6.37. The molecule has 1 aliphatic carbocycles. The highest BCUT2D eigenvalue weighted by Crippen LogP contribution is 2.29. The second-order valence-electron chi connectivity index (χ2n) is 7.24. The van der Waals surface area contributed by atoms with Crippen LogP contribution in [0.4, 0.5) is 0 Å². The SMILES string of the molecule is CC(C)(COCc1ccccc1)NC(=O)C1CCC(C(=O)O)CC1. The predicted molar refractivity (Wildman–Crippen MR) is 91.4 cm³/mol. The van der Waals surface area contributed by atoms with Gasteiger partial charge in [0.2, 0.25) is 5.91 Å². The lowest BCUT2D eigenvalue weighted by Crippen LogP contribution is -2.49. The second-order valence-corrected chi connectivity index (χ2v) is 7.24. The molecule has 0 unspecified atom stereocenters. The van der Waals surface area contributed by atoms with Crippen LogP contribution in [0, 0.1) is 11.8 Å². The van der Waals surface area contributed by atoms with Crippen molar-refractivity contribution in [1.29, 1.82) is 0 Å². The number of hydrogen-bond donors (Lipinski definition) is 2. The van der Waals surface area contributed by atoms with Crippen molar-refractivity contribution in [3.63, 3.8) is 0 Å². The van der Waals surface area contributed by atoms with Crippen LogP contribution in [0.1, 0.15) is 45.1 Å². The average molecular weight is 333 g/mol. The molecule has 0 aliphatic heterocycles. The topological polar surface area (TPSA) is 75.6 Å². The van der Waals surface area contributed by atoms with Crippen LogP contribution in [-0.4, -0.2) is 29.1 Å². The molecule has 0 radical (unpaired) electrons. The molecule has 1 aliphatic rings. The van der Waals surface area contributed by atoms with Gasteiger partial charge in [-0.1, -0.05) is 30.3 Å². The maximum absolute atomic E-state index is 12.4. The number of aliphatic carboxylic acids is 1. The lowest BCUT2D eigenvalue weighted by Gasteiger charge is -2.31. The van der Waals surface area contributed by atoms with Crippen molar-refractivity contribution in [2.24, 2.45) is 11.8 Å². The molecule has 1 saturated carbocycles. The molecular formula is C19H27NO4. The Bertz CT molecular complexity index is 548. The molecule has 1 fully saturated rings. The number of nitrogens with one attached hydrogen (secondary N) is 1.